The fraction of sp³-hybridized carbons (Fsp3) is 0.242. The number of H-pyrrole nitrogens is 2. The first kappa shape index (κ1) is 25.9. The molecule has 1 saturated carbocycles. The lowest BCUT2D eigenvalue weighted by Crippen LogP contribution is -2.21. The number of benzene rings is 1. The minimum Gasteiger partial charge on any atom is -0.338 e. The summed E-state index contributed by atoms with van der Waals surface area (Å²) >= 11 is 0. The van der Waals surface area contributed by atoms with E-state index in [2.05, 4.69) is 56.1 Å². The molecule has 0 bridgehead atoms. The molecule has 1 aliphatic rings. The second-order valence-electron chi connectivity index (χ2n) is 10.7. The zero-order chi connectivity index (χ0) is 27.5. The van der Waals surface area contributed by atoms with E-state index in [4.69, 9.17) is 0 Å². The lowest BCUT2D eigenvalue weighted by molar-refractivity contribution is 0.489. The van der Waals surface area contributed by atoms with Gasteiger partial charge < -0.3 is 10.3 Å². The number of halogens is 1. The summed E-state index contributed by atoms with van der Waals surface area (Å²) in [6.45, 7) is 8.29. The van der Waals surface area contributed by atoms with E-state index in [0.717, 1.165) is 68.6 Å². The van der Waals surface area contributed by atoms with E-state index in [9.17, 15) is 4.39 Å². The summed E-state index contributed by atoms with van der Waals surface area (Å²) in [6.07, 6.45) is 15.1. The molecule has 1 fully saturated rings. The molecule has 0 radical (unpaired) electrons. The van der Waals surface area contributed by atoms with Crippen LogP contribution in [-0.4, -0.2) is 31.7 Å². The van der Waals surface area contributed by atoms with Gasteiger partial charge in [-0.25, -0.2) is 9.37 Å². The maximum Gasteiger partial charge on any atom is 0.138 e. The molecule has 6 nitrogen and oxygen atoms in total. The number of rotatable bonds is 8. The molecule has 1 aliphatic carbocycles. The van der Waals surface area contributed by atoms with Crippen LogP contribution in [0.1, 0.15) is 43.7 Å². The Bertz CT molecular complexity index is 1790. The van der Waals surface area contributed by atoms with E-state index in [1.165, 1.54) is 43.4 Å². The number of hydrogen-bond acceptors (Lipinski definition) is 4. The van der Waals surface area contributed by atoms with E-state index in [0.29, 0.717) is 5.65 Å². The Morgan fingerprint density at radius 1 is 1.15 bits per heavy atom. The fourth-order valence-corrected chi connectivity index (χ4v) is 5.54. The number of aromatic amines is 2. The second-order valence-corrected chi connectivity index (χ2v) is 10.7. The van der Waals surface area contributed by atoms with E-state index >= 15 is 0 Å². The van der Waals surface area contributed by atoms with Crippen LogP contribution in [0.25, 0.3) is 51.8 Å². The SMILES string of the molecule is C=c1c(-c2cc3c(-c4cccc(F)c4)ccnc3[nH]2)n[nH]/c1=C/C=C(\C)c1cncc(CNCC2CCCC2)c1. The van der Waals surface area contributed by atoms with Crippen LogP contribution < -0.4 is 15.9 Å². The molecular weight excluding hydrogens is 499 g/mol. The number of nitrogens with zero attached hydrogens (tertiary/aromatic N) is 3. The molecule has 3 N–H and O–H groups in total. The third-order valence-electron chi connectivity index (χ3n) is 7.81. The van der Waals surface area contributed by atoms with Crippen molar-refractivity contribution in [3.63, 3.8) is 0 Å². The highest BCUT2D eigenvalue weighted by Gasteiger charge is 2.14. The standard InChI is InChI=1S/C33H33FN6/c1-21(26-14-24(19-36-20-26)18-35-17-23-6-3-4-7-23)10-11-30-22(2)32(40-39-30)31-16-29-28(12-13-37-33(29)38-31)25-8-5-9-27(34)15-25/h5,8-16,19-20,23,35,39H,2-4,6-7,17-18H2,1H3,(H,37,38)/b21-10+,30-11+. The van der Waals surface area contributed by atoms with Crippen LogP contribution in [0.15, 0.2) is 67.1 Å². The van der Waals surface area contributed by atoms with Gasteiger partial charge in [0.2, 0.25) is 0 Å². The molecule has 40 heavy (non-hydrogen) atoms. The molecule has 0 atom stereocenters. The van der Waals surface area contributed by atoms with Crippen molar-refractivity contribution in [2.75, 3.05) is 6.54 Å². The highest BCUT2D eigenvalue weighted by atomic mass is 19.1. The lowest BCUT2D eigenvalue weighted by Gasteiger charge is -2.11. The van der Waals surface area contributed by atoms with Gasteiger partial charge in [-0.05, 0) is 96.5 Å². The summed E-state index contributed by atoms with van der Waals surface area (Å²) in [5, 5.41) is 13.8. The maximum absolute atomic E-state index is 13.9. The van der Waals surface area contributed by atoms with E-state index < -0.39 is 0 Å². The first-order chi connectivity index (χ1) is 19.5. The van der Waals surface area contributed by atoms with Crippen LogP contribution in [0.2, 0.25) is 0 Å². The Labute approximate surface area is 232 Å². The van der Waals surface area contributed by atoms with Gasteiger partial charge in [0.05, 0.1) is 11.0 Å². The topological polar surface area (TPSA) is 82.3 Å². The second kappa shape index (κ2) is 11.4. The van der Waals surface area contributed by atoms with Gasteiger partial charge in [-0.3, -0.25) is 10.1 Å². The van der Waals surface area contributed by atoms with Crippen LogP contribution >= 0.6 is 0 Å². The first-order valence-electron chi connectivity index (χ1n) is 13.9. The molecule has 0 unspecified atom stereocenters. The molecule has 4 aromatic heterocycles. The summed E-state index contributed by atoms with van der Waals surface area (Å²) < 4.78 is 13.9. The van der Waals surface area contributed by atoms with E-state index in [1.807, 2.05) is 36.7 Å². The third-order valence-corrected chi connectivity index (χ3v) is 7.81. The van der Waals surface area contributed by atoms with Crippen molar-refractivity contribution in [1.82, 2.24) is 30.5 Å². The quantitative estimate of drug-likeness (QED) is 0.238. The number of pyridine rings is 2. The van der Waals surface area contributed by atoms with E-state index in [1.54, 1.807) is 12.3 Å². The molecule has 0 spiro atoms. The number of allylic oxidation sites excluding steroid dienone is 2. The fourth-order valence-electron chi connectivity index (χ4n) is 5.54. The highest BCUT2D eigenvalue weighted by Crippen LogP contribution is 2.30. The molecule has 0 saturated heterocycles. The highest BCUT2D eigenvalue weighted by molar-refractivity contribution is 5.95. The minimum absolute atomic E-state index is 0.271. The molecule has 202 valence electrons. The molecule has 4 heterocycles. The van der Waals surface area contributed by atoms with Crippen LogP contribution in [0.5, 0.6) is 0 Å². The summed E-state index contributed by atoms with van der Waals surface area (Å²) in [4.78, 5) is 12.3. The minimum atomic E-state index is -0.271. The van der Waals surface area contributed by atoms with Crippen molar-refractivity contribution in [1.29, 1.82) is 0 Å². The Morgan fingerprint density at radius 3 is 2.88 bits per heavy atom. The zero-order valence-corrected chi connectivity index (χ0v) is 22.7. The van der Waals surface area contributed by atoms with Gasteiger partial charge in [0.1, 0.15) is 17.2 Å². The van der Waals surface area contributed by atoms with Gasteiger partial charge in [-0.2, -0.15) is 5.10 Å². The largest absolute Gasteiger partial charge is 0.338 e. The molecular formula is C33H33FN6. The maximum atomic E-state index is 13.9. The van der Waals surface area contributed by atoms with Crippen LogP contribution in [0, 0.1) is 11.7 Å². The molecule has 5 aromatic rings. The Kier molecular flexibility index (Phi) is 7.38. The van der Waals surface area contributed by atoms with E-state index in [-0.39, 0.29) is 5.82 Å². The van der Waals surface area contributed by atoms with Gasteiger partial charge in [-0.15, -0.1) is 0 Å². The Hall–Kier alpha value is -4.36. The van der Waals surface area contributed by atoms with Crippen molar-refractivity contribution in [2.45, 2.75) is 39.2 Å². The number of nitrogens with one attached hydrogen (secondary N) is 3. The predicted octanol–water partition coefficient (Wildman–Crippen LogP) is 5.73. The summed E-state index contributed by atoms with van der Waals surface area (Å²) in [5.41, 5.74) is 7.33. The summed E-state index contributed by atoms with van der Waals surface area (Å²) in [5.74, 6) is 0.548. The molecule has 7 heteroatoms. The first-order valence-corrected chi connectivity index (χ1v) is 13.9. The van der Waals surface area contributed by atoms with Crippen molar-refractivity contribution in [3.8, 4) is 22.5 Å². The van der Waals surface area contributed by atoms with Gasteiger partial charge >= 0.3 is 0 Å². The van der Waals surface area contributed by atoms with Crippen LogP contribution in [0.4, 0.5) is 4.39 Å². The monoisotopic (exact) mass is 532 g/mol. The third kappa shape index (κ3) is 5.51. The van der Waals surface area contributed by atoms with Gasteiger partial charge in [0.15, 0.2) is 0 Å². The molecule has 1 aromatic carbocycles. The molecule has 0 aliphatic heterocycles. The average Bonchev–Trinajstić information content (AvgIpc) is 3.72. The van der Waals surface area contributed by atoms with Gasteiger partial charge in [0.25, 0.3) is 0 Å². The number of aromatic nitrogens is 5. The van der Waals surface area contributed by atoms with Crippen molar-refractivity contribution in [3.05, 3.63) is 94.6 Å². The smallest absolute Gasteiger partial charge is 0.138 e. The lowest BCUT2D eigenvalue weighted by atomic mass is 10.0. The summed E-state index contributed by atoms with van der Waals surface area (Å²) in [7, 11) is 0. The molecule has 0 amide bonds. The Balaban J connectivity index is 1.22. The summed E-state index contributed by atoms with van der Waals surface area (Å²) in [6, 6.07) is 12.7. The van der Waals surface area contributed by atoms with Crippen molar-refractivity contribution in [2.24, 2.45) is 5.92 Å². The number of hydrogen-bond donors (Lipinski definition) is 3. The average molecular weight is 533 g/mol. The van der Waals surface area contributed by atoms with Crippen molar-refractivity contribution >= 4 is 29.3 Å². The van der Waals surface area contributed by atoms with Crippen molar-refractivity contribution < 1.29 is 4.39 Å². The van der Waals surface area contributed by atoms with Gasteiger partial charge in [-0.1, -0.05) is 37.6 Å². The number of fused-ring (bicyclic) bond motifs is 1. The molecule has 6 rings (SSSR count). The zero-order valence-electron chi connectivity index (χ0n) is 22.7. The normalized spacial score (nSPS) is 14.9. The van der Waals surface area contributed by atoms with Gasteiger partial charge in [0, 0.05) is 35.7 Å². The predicted molar refractivity (Wildman–Crippen MR) is 160 cm³/mol. The Morgan fingerprint density at radius 2 is 2.02 bits per heavy atom. The van der Waals surface area contributed by atoms with Crippen LogP contribution in [0.3, 0.4) is 0 Å². The van der Waals surface area contributed by atoms with Crippen LogP contribution in [-0.2, 0) is 6.54 Å².